The first kappa shape index (κ1) is 35.1. The quantitative estimate of drug-likeness (QED) is 0.157. The lowest BCUT2D eigenvalue weighted by Gasteiger charge is -2.28. The summed E-state index contributed by atoms with van der Waals surface area (Å²) in [5.41, 5.74) is 16.6. The Balaban J connectivity index is 0.962. The van der Waals surface area contributed by atoms with Crippen molar-refractivity contribution in [2.45, 2.75) is 5.92 Å². The molecule has 0 bridgehead atoms. The molecule has 0 N–H and O–H groups in total. The Bertz CT molecular complexity index is 3350. The number of para-hydroxylation sites is 4. The third-order valence-electron chi connectivity index (χ3n) is 12.7. The minimum atomic E-state index is 0.351. The number of allylic oxidation sites excluding steroid dienone is 5. The van der Waals surface area contributed by atoms with E-state index in [0.29, 0.717) is 11.8 Å². The fraction of sp³-hybridized carbons (Fsp3) is 0.0345. The summed E-state index contributed by atoms with van der Waals surface area (Å²) in [7, 11) is 0. The average Bonchev–Trinajstić information content (AvgIpc) is 3.86. The molecular formula is C58H41N3. The van der Waals surface area contributed by atoms with Gasteiger partial charge in [0.05, 0.1) is 27.9 Å². The van der Waals surface area contributed by atoms with E-state index in [9.17, 15) is 0 Å². The lowest BCUT2D eigenvalue weighted by Crippen LogP contribution is -2.13. The van der Waals surface area contributed by atoms with Gasteiger partial charge in [0.15, 0.2) is 0 Å². The maximum atomic E-state index is 2.44. The SMILES string of the molecule is C1=CC2C=Cc3c(c4ccccc4n3-c3ccc(-c4ccc(N(c5ccc6c7ccccc7n(-c7ccccc7)c6c5)c5ccccc5-c5ccccc5)cc4)cc3)C2C=C1. The number of rotatable bonds is 7. The van der Waals surface area contributed by atoms with Gasteiger partial charge in [-0.2, -0.15) is 0 Å². The van der Waals surface area contributed by atoms with Gasteiger partial charge < -0.3 is 14.0 Å². The van der Waals surface area contributed by atoms with Crippen LogP contribution in [-0.4, -0.2) is 9.13 Å². The molecule has 10 aromatic rings. The fourth-order valence-electron chi connectivity index (χ4n) is 9.89. The Morgan fingerprint density at radius 2 is 0.984 bits per heavy atom. The van der Waals surface area contributed by atoms with Gasteiger partial charge in [-0.05, 0) is 95.1 Å². The molecule has 8 aromatic carbocycles. The number of hydrogen-bond donors (Lipinski definition) is 0. The number of fused-ring (bicyclic) bond motifs is 8. The van der Waals surface area contributed by atoms with Gasteiger partial charge in [-0.25, -0.2) is 0 Å². The predicted octanol–water partition coefficient (Wildman–Crippen LogP) is 15.4. The Morgan fingerprint density at radius 1 is 0.393 bits per heavy atom. The molecular weight excluding hydrogens is 739 g/mol. The number of benzene rings is 8. The van der Waals surface area contributed by atoms with E-state index in [2.05, 4.69) is 251 Å². The lowest BCUT2D eigenvalue weighted by molar-refractivity contribution is 0.693. The Kier molecular flexibility index (Phi) is 8.31. The summed E-state index contributed by atoms with van der Waals surface area (Å²) in [6.45, 7) is 0. The van der Waals surface area contributed by atoms with Crippen LogP contribution in [0.2, 0.25) is 0 Å². The number of anilines is 3. The summed E-state index contributed by atoms with van der Waals surface area (Å²) in [5, 5.41) is 3.80. The van der Waals surface area contributed by atoms with Crippen molar-refractivity contribution in [1.29, 1.82) is 0 Å². The smallest absolute Gasteiger partial charge is 0.0561 e. The van der Waals surface area contributed by atoms with Crippen LogP contribution >= 0.6 is 0 Å². The zero-order chi connectivity index (χ0) is 40.3. The topological polar surface area (TPSA) is 13.1 Å². The third kappa shape index (κ3) is 5.81. The molecule has 0 radical (unpaired) electrons. The number of hydrogen-bond acceptors (Lipinski definition) is 1. The summed E-state index contributed by atoms with van der Waals surface area (Å²) >= 11 is 0. The van der Waals surface area contributed by atoms with Gasteiger partial charge in [-0.15, -0.1) is 0 Å². The van der Waals surface area contributed by atoms with Crippen LogP contribution in [0.4, 0.5) is 17.1 Å². The van der Waals surface area contributed by atoms with E-state index in [1.54, 1.807) is 0 Å². The molecule has 3 nitrogen and oxygen atoms in total. The van der Waals surface area contributed by atoms with E-state index in [4.69, 9.17) is 0 Å². The van der Waals surface area contributed by atoms with Gasteiger partial charge in [0.1, 0.15) is 0 Å². The van der Waals surface area contributed by atoms with Crippen LogP contribution in [-0.2, 0) is 0 Å². The zero-order valence-electron chi connectivity index (χ0n) is 33.5. The Morgan fingerprint density at radius 3 is 1.77 bits per heavy atom. The predicted molar refractivity (Wildman–Crippen MR) is 257 cm³/mol. The standard InChI is InChI=1S/C58H41N3/c1-3-15-42(16-4-1)48-20-9-12-24-53(48)59(47-36-37-51-50-22-10-13-25-54(50)61(57(51)39-47)44-18-5-2-6-19-44)45-32-27-40(28-33-45)41-29-34-46(35-30-41)60-55-26-14-11-23-52(55)58-49-21-8-7-17-43(49)31-38-56(58)60/h1-39,43,49H. The summed E-state index contributed by atoms with van der Waals surface area (Å²) in [6, 6.07) is 72.8. The minimum Gasteiger partial charge on any atom is -0.310 e. The summed E-state index contributed by atoms with van der Waals surface area (Å²) in [4.78, 5) is 2.41. The van der Waals surface area contributed by atoms with E-state index in [0.717, 1.165) is 22.7 Å². The van der Waals surface area contributed by atoms with E-state index >= 15 is 0 Å². The summed E-state index contributed by atoms with van der Waals surface area (Å²) in [6.07, 6.45) is 13.7. The molecule has 2 unspecified atom stereocenters. The molecule has 288 valence electrons. The number of nitrogens with zero attached hydrogens (tertiary/aromatic N) is 3. The molecule has 0 amide bonds. The second-order valence-electron chi connectivity index (χ2n) is 16.1. The molecule has 61 heavy (non-hydrogen) atoms. The molecule has 0 saturated carbocycles. The van der Waals surface area contributed by atoms with Gasteiger partial charge in [-0.1, -0.05) is 164 Å². The summed E-state index contributed by atoms with van der Waals surface area (Å²) < 4.78 is 4.83. The van der Waals surface area contributed by atoms with Crippen molar-refractivity contribution >= 4 is 55.8 Å². The molecule has 0 fully saturated rings. The molecule has 3 heteroatoms. The van der Waals surface area contributed by atoms with Crippen molar-refractivity contribution in [2.24, 2.45) is 5.92 Å². The summed E-state index contributed by atoms with van der Waals surface area (Å²) in [5.74, 6) is 0.748. The van der Waals surface area contributed by atoms with Crippen LogP contribution in [0.1, 0.15) is 17.2 Å². The van der Waals surface area contributed by atoms with Gasteiger partial charge >= 0.3 is 0 Å². The molecule has 0 spiro atoms. The van der Waals surface area contributed by atoms with Crippen molar-refractivity contribution in [3.8, 4) is 33.6 Å². The first-order valence-electron chi connectivity index (χ1n) is 21.2. The van der Waals surface area contributed by atoms with E-state index in [1.807, 2.05) is 0 Å². The van der Waals surface area contributed by atoms with Crippen LogP contribution in [0.15, 0.2) is 231 Å². The molecule has 12 rings (SSSR count). The largest absolute Gasteiger partial charge is 0.310 e. The van der Waals surface area contributed by atoms with Crippen molar-refractivity contribution in [3.63, 3.8) is 0 Å². The maximum Gasteiger partial charge on any atom is 0.0561 e. The highest BCUT2D eigenvalue weighted by Crippen LogP contribution is 2.46. The van der Waals surface area contributed by atoms with Crippen molar-refractivity contribution in [1.82, 2.24) is 9.13 Å². The van der Waals surface area contributed by atoms with Crippen LogP contribution in [0, 0.1) is 5.92 Å². The first-order chi connectivity index (χ1) is 30.3. The fourth-order valence-corrected chi connectivity index (χ4v) is 9.89. The van der Waals surface area contributed by atoms with Crippen molar-refractivity contribution in [2.75, 3.05) is 4.90 Å². The number of aromatic nitrogens is 2. The van der Waals surface area contributed by atoms with Crippen molar-refractivity contribution in [3.05, 3.63) is 242 Å². The molecule has 2 aliphatic carbocycles. The molecule has 2 aliphatic rings. The highest BCUT2D eigenvalue weighted by Gasteiger charge is 2.30. The molecule has 2 atom stereocenters. The lowest BCUT2D eigenvalue weighted by atomic mass is 9.78. The van der Waals surface area contributed by atoms with E-state index < -0.39 is 0 Å². The monoisotopic (exact) mass is 779 g/mol. The van der Waals surface area contributed by atoms with Gasteiger partial charge in [0.25, 0.3) is 0 Å². The highest BCUT2D eigenvalue weighted by molar-refractivity contribution is 6.10. The zero-order valence-corrected chi connectivity index (χ0v) is 33.5. The molecule has 0 saturated heterocycles. The van der Waals surface area contributed by atoms with Crippen LogP contribution in [0.25, 0.3) is 72.4 Å². The van der Waals surface area contributed by atoms with Crippen molar-refractivity contribution < 1.29 is 0 Å². The van der Waals surface area contributed by atoms with Gasteiger partial charge in [-0.3, -0.25) is 0 Å². The second-order valence-corrected chi connectivity index (χ2v) is 16.1. The molecule has 2 aromatic heterocycles. The molecule has 0 aliphatic heterocycles. The van der Waals surface area contributed by atoms with E-state index in [1.165, 1.54) is 71.9 Å². The first-order valence-corrected chi connectivity index (χ1v) is 21.2. The van der Waals surface area contributed by atoms with Crippen LogP contribution < -0.4 is 4.90 Å². The van der Waals surface area contributed by atoms with Gasteiger partial charge in [0, 0.05) is 56.3 Å². The normalized spacial score (nSPS) is 15.3. The highest BCUT2D eigenvalue weighted by atomic mass is 15.1. The second kappa shape index (κ2) is 14.4. The third-order valence-corrected chi connectivity index (χ3v) is 12.7. The maximum absolute atomic E-state index is 2.44. The average molecular weight is 780 g/mol. The van der Waals surface area contributed by atoms with Crippen LogP contribution in [0.3, 0.4) is 0 Å². The van der Waals surface area contributed by atoms with E-state index in [-0.39, 0.29) is 0 Å². The van der Waals surface area contributed by atoms with Gasteiger partial charge in [0.2, 0.25) is 0 Å². The molecule has 2 heterocycles. The Hall–Kier alpha value is -7.88. The Labute approximate surface area is 355 Å². The van der Waals surface area contributed by atoms with Crippen LogP contribution in [0.5, 0.6) is 0 Å². The minimum absolute atomic E-state index is 0.351.